The maximum absolute atomic E-state index is 13.5. The second-order valence-corrected chi connectivity index (χ2v) is 6.76. The first kappa shape index (κ1) is 15.7. The van der Waals surface area contributed by atoms with Gasteiger partial charge in [-0.2, -0.15) is 0 Å². The molecule has 1 saturated heterocycles. The molecular weight excluding hydrogens is 309 g/mol. The Balaban J connectivity index is 2.18. The maximum Gasteiger partial charge on any atom is 0.240 e. The lowest BCUT2D eigenvalue weighted by molar-refractivity contribution is 0.186. The number of benzene rings is 1. The number of sulfonamides is 1. The molecular formula is C12H15ClFNO4S. The molecule has 8 heteroatoms. The number of rotatable bonds is 5. The SMILES string of the molecule is O=S(=O)(NCC1CCOC1)c1cc(F)c(Cl)c(CO)c1. The average Bonchev–Trinajstić information content (AvgIpc) is 2.92. The van der Waals surface area contributed by atoms with Crippen molar-refractivity contribution in [2.24, 2.45) is 5.92 Å². The Bertz CT molecular complexity index is 587. The first-order valence-corrected chi connectivity index (χ1v) is 7.96. The zero-order valence-corrected chi connectivity index (χ0v) is 12.2. The van der Waals surface area contributed by atoms with E-state index >= 15 is 0 Å². The molecule has 1 aromatic carbocycles. The van der Waals surface area contributed by atoms with Crippen LogP contribution in [0.5, 0.6) is 0 Å². The average molecular weight is 324 g/mol. The molecule has 5 nitrogen and oxygen atoms in total. The van der Waals surface area contributed by atoms with Gasteiger partial charge in [0.1, 0.15) is 5.82 Å². The summed E-state index contributed by atoms with van der Waals surface area (Å²) in [6.07, 6.45) is 0.791. The zero-order chi connectivity index (χ0) is 14.8. The van der Waals surface area contributed by atoms with Crippen LogP contribution in [0.15, 0.2) is 17.0 Å². The number of hydrogen-bond donors (Lipinski definition) is 2. The van der Waals surface area contributed by atoms with Gasteiger partial charge in [-0.1, -0.05) is 11.6 Å². The zero-order valence-electron chi connectivity index (χ0n) is 10.6. The third kappa shape index (κ3) is 3.48. The lowest BCUT2D eigenvalue weighted by atomic mass is 10.1. The van der Waals surface area contributed by atoms with E-state index in [4.69, 9.17) is 21.4 Å². The van der Waals surface area contributed by atoms with Gasteiger partial charge in [0, 0.05) is 18.7 Å². The highest BCUT2D eigenvalue weighted by Crippen LogP contribution is 2.24. The van der Waals surface area contributed by atoms with Gasteiger partial charge in [0.2, 0.25) is 10.0 Å². The number of halogens is 2. The molecule has 0 aromatic heterocycles. The fourth-order valence-corrected chi connectivity index (χ4v) is 3.29. The summed E-state index contributed by atoms with van der Waals surface area (Å²) in [6.45, 7) is 0.840. The topological polar surface area (TPSA) is 75.6 Å². The number of aliphatic hydroxyl groups is 1. The van der Waals surface area contributed by atoms with E-state index in [2.05, 4.69) is 4.72 Å². The van der Waals surface area contributed by atoms with Crippen molar-refractivity contribution in [1.29, 1.82) is 0 Å². The smallest absolute Gasteiger partial charge is 0.240 e. The Morgan fingerprint density at radius 3 is 2.85 bits per heavy atom. The first-order valence-electron chi connectivity index (χ1n) is 6.10. The second-order valence-electron chi connectivity index (χ2n) is 4.62. The summed E-state index contributed by atoms with van der Waals surface area (Å²) >= 11 is 5.63. The molecule has 1 aliphatic rings. The van der Waals surface area contributed by atoms with Crippen molar-refractivity contribution in [3.63, 3.8) is 0 Å². The van der Waals surface area contributed by atoms with Gasteiger partial charge in [0.25, 0.3) is 0 Å². The fraction of sp³-hybridized carbons (Fsp3) is 0.500. The van der Waals surface area contributed by atoms with Gasteiger partial charge >= 0.3 is 0 Å². The van der Waals surface area contributed by atoms with Crippen LogP contribution in [-0.2, 0) is 21.4 Å². The lowest BCUT2D eigenvalue weighted by Gasteiger charge is -2.12. The Morgan fingerprint density at radius 2 is 2.25 bits per heavy atom. The highest BCUT2D eigenvalue weighted by Gasteiger charge is 2.22. The molecule has 1 atom stereocenters. The molecule has 1 fully saturated rings. The standard InChI is InChI=1S/C12H15ClFNO4S/c13-12-9(6-16)3-10(4-11(12)14)20(17,18)15-5-8-1-2-19-7-8/h3-4,8,15-16H,1-2,5-7H2. The van der Waals surface area contributed by atoms with E-state index in [9.17, 15) is 12.8 Å². The third-order valence-electron chi connectivity index (χ3n) is 3.14. The molecule has 0 aliphatic carbocycles. The monoisotopic (exact) mass is 323 g/mol. The number of aliphatic hydroxyl groups excluding tert-OH is 1. The van der Waals surface area contributed by atoms with Gasteiger partial charge < -0.3 is 9.84 Å². The molecule has 20 heavy (non-hydrogen) atoms. The van der Waals surface area contributed by atoms with Crippen molar-refractivity contribution < 1.29 is 22.7 Å². The van der Waals surface area contributed by atoms with E-state index in [-0.39, 0.29) is 27.9 Å². The van der Waals surface area contributed by atoms with Crippen LogP contribution in [-0.4, -0.2) is 33.3 Å². The van der Waals surface area contributed by atoms with Crippen molar-refractivity contribution in [3.05, 3.63) is 28.5 Å². The summed E-state index contributed by atoms with van der Waals surface area (Å²) in [7, 11) is -3.83. The third-order valence-corrected chi connectivity index (χ3v) is 4.97. The van der Waals surface area contributed by atoms with E-state index in [1.165, 1.54) is 6.07 Å². The van der Waals surface area contributed by atoms with E-state index in [1.54, 1.807) is 0 Å². The van der Waals surface area contributed by atoms with E-state index in [1.807, 2.05) is 0 Å². The first-order chi connectivity index (χ1) is 9.44. The van der Waals surface area contributed by atoms with Gasteiger partial charge in [-0.15, -0.1) is 0 Å². The summed E-state index contributed by atoms with van der Waals surface area (Å²) in [6, 6.07) is 2.01. The predicted octanol–water partition coefficient (Wildman–Crippen LogP) is 1.29. The molecule has 2 rings (SSSR count). The summed E-state index contributed by atoms with van der Waals surface area (Å²) < 4.78 is 45.3. The largest absolute Gasteiger partial charge is 0.392 e. The van der Waals surface area contributed by atoms with E-state index in [0.29, 0.717) is 13.2 Å². The minimum absolute atomic E-state index is 0.0382. The van der Waals surface area contributed by atoms with Gasteiger partial charge in [0.15, 0.2) is 0 Å². The second kappa shape index (κ2) is 6.36. The van der Waals surface area contributed by atoms with Crippen LogP contribution in [0.1, 0.15) is 12.0 Å². The Hall–Kier alpha value is -0.730. The molecule has 0 amide bonds. The molecule has 1 aliphatic heterocycles. The molecule has 1 heterocycles. The molecule has 0 bridgehead atoms. The van der Waals surface area contributed by atoms with Crippen LogP contribution in [0, 0.1) is 11.7 Å². The van der Waals surface area contributed by atoms with Crippen LogP contribution in [0.2, 0.25) is 5.02 Å². The van der Waals surface area contributed by atoms with Gasteiger partial charge in [-0.3, -0.25) is 0 Å². The van der Waals surface area contributed by atoms with Gasteiger partial charge in [0.05, 0.1) is 23.1 Å². The molecule has 2 N–H and O–H groups in total. The quantitative estimate of drug-likeness (QED) is 0.856. The molecule has 0 radical (unpaired) electrons. The normalized spacial score (nSPS) is 19.4. The van der Waals surface area contributed by atoms with Crippen molar-refractivity contribution in [2.45, 2.75) is 17.9 Å². The summed E-state index contributed by atoms with van der Waals surface area (Å²) in [5.74, 6) is -0.748. The number of nitrogens with one attached hydrogen (secondary N) is 1. The highest BCUT2D eigenvalue weighted by molar-refractivity contribution is 7.89. The Morgan fingerprint density at radius 1 is 1.50 bits per heavy atom. The van der Waals surface area contributed by atoms with E-state index < -0.39 is 22.4 Å². The molecule has 1 aromatic rings. The fourth-order valence-electron chi connectivity index (χ4n) is 1.94. The summed E-state index contributed by atoms with van der Waals surface area (Å²) in [4.78, 5) is -0.248. The van der Waals surface area contributed by atoms with E-state index in [0.717, 1.165) is 12.5 Å². The van der Waals surface area contributed by atoms with Gasteiger partial charge in [-0.05, 0) is 24.5 Å². The molecule has 0 spiro atoms. The number of ether oxygens (including phenoxy) is 1. The molecule has 1 unspecified atom stereocenters. The van der Waals surface area contributed by atoms with Crippen LogP contribution in [0.25, 0.3) is 0 Å². The number of hydrogen-bond acceptors (Lipinski definition) is 4. The van der Waals surface area contributed by atoms with Crippen LogP contribution in [0.4, 0.5) is 4.39 Å². The molecule has 112 valence electrons. The van der Waals surface area contributed by atoms with Crippen molar-refractivity contribution >= 4 is 21.6 Å². The maximum atomic E-state index is 13.5. The predicted molar refractivity (Wildman–Crippen MR) is 71.4 cm³/mol. The van der Waals surface area contributed by atoms with Gasteiger partial charge in [-0.25, -0.2) is 17.5 Å². The van der Waals surface area contributed by atoms with Crippen molar-refractivity contribution in [1.82, 2.24) is 4.72 Å². The lowest BCUT2D eigenvalue weighted by Crippen LogP contribution is -2.29. The summed E-state index contributed by atoms with van der Waals surface area (Å²) in [5, 5.41) is 8.78. The van der Waals surface area contributed by atoms with Crippen molar-refractivity contribution in [2.75, 3.05) is 19.8 Å². The highest BCUT2D eigenvalue weighted by atomic mass is 35.5. The minimum Gasteiger partial charge on any atom is -0.392 e. The van der Waals surface area contributed by atoms with Crippen LogP contribution >= 0.6 is 11.6 Å². The van der Waals surface area contributed by atoms with Crippen molar-refractivity contribution in [3.8, 4) is 0 Å². The molecule has 0 saturated carbocycles. The minimum atomic E-state index is -3.83. The van der Waals surface area contributed by atoms with Crippen LogP contribution in [0.3, 0.4) is 0 Å². The summed E-state index contributed by atoms with van der Waals surface area (Å²) in [5.41, 5.74) is 0.0382. The Kier molecular flexibility index (Phi) is 4.98. The Labute approximate surface area is 121 Å². The van der Waals surface area contributed by atoms with Crippen LogP contribution < -0.4 is 4.72 Å².